The third-order valence-electron chi connectivity index (χ3n) is 2.45. The van der Waals surface area contributed by atoms with Crippen LogP contribution in [0, 0.1) is 18.3 Å². The molecule has 0 radical (unpaired) electrons. The highest BCUT2D eigenvalue weighted by Crippen LogP contribution is 2.00. The second kappa shape index (κ2) is 7.27. The molecule has 2 N–H and O–H groups in total. The zero-order chi connectivity index (χ0) is 14.3. The molecular formula is C12H22N2O3S. The summed E-state index contributed by atoms with van der Waals surface area (Å²) in [5.41, 5.74) is 0. The Hall–Kier alpha value is -1.22. The molecule has 5 nitrogen and oxygen atoms in total. The van der Waals surface area contributed by atoms with Crippen LogP contribution < -0.4 is 10.6 Å². The Balaban J connectivity index is 4.29. The molecule has 0 heterocycles. The Kier molecular flexibility index (Phi) is 6.77. The van der Waals surface area contributed by atoms with Crippen LogP contribution in [0.3, 0.4) is 0 Å². The molecule has 0 fully saturated rings. The van der Waals surface area contributed by atoms with Crippen molar-refractivity contribution in [1.82, 2.24) is 10.6 Å². The van der Waals surface area contributed by atoms with Gasteiger partial charge in [0.1, 0.15) is 0 Å². The summed E-state index contributed by atoms with van der Waals surface area (Å²) < 4.78 is 22.7. The molecule has 0 aliphatic carbocycles. The molecular weight excluding hydrogens is 252 g/mol. The largest absolute Gasteiger partial charge is 0.335 e. The van der Waals surface area contributed by atoms with Crippen molar-refractivity contribution in [3.63, 3.8) is 0 Å². The van der Waals surface area contributed by atoms with Crippen molar-refractivity contribution in [3.05, 3.63) is 0 Å². The van der Waals surface area contributed by atoms with E-state index < -0.39 is 21.9 Å². The molecule has 0 aliphatic heterocycles. The van der Waals surface area contributed by atoms with E-state index in [1.165, 1.54) is 0 Å². The number of sulfone groups is 1. The molecule has 0 aliphatic rings. The van der Waals surface area contributed by atoms with E-state index in [2.05, 4.69) is 16.6 Å². The third kappa shape index (κ3) is 6.50. The maximum atomic E-state index is 11.6. The van der Waals surface area contributed by atoms with Crippen LogP contribution in [0.5, 0.6) is 0 Å². The molecule has 104 valence electrons. The average molecular weight is 274 g/mol. The predicted molar refractivity (Wildman–Crippen MR) is 72.9 cm³/mol. The van der Waals surface area contributed by atoms with Crippen LogP contribution in [-0.2, 0) is 9.84 Å². The van der Waals surface area contributed by atoms with Gasteiger partial charge in [-0.15, -0.1) is 6.42 Å². The molecule has 0 unspecified atom stereocenters. The summed E-state index contributed by atoms with van der Waals surface area (Å²) in [5, 5.41) is 5.19. The third-order valence-corrected chi connectivity index (χ3v) is 4.34. The minimum absolute atomic E-state index is 0.0691. The summed E-state index contributed by atoms with van der Waals surface area (Å²) in [6, 6.07) is -1.24. The van der Waals surface area contributed by atoms with Crippen molar-refractivity contribution in [2.75, 3.05) is 11.5 Å². The maximum Gasteiger partial charge on any atom is 0.316 e. The summed E-state index contributed by atoms with van der Waals surface area (Å²) in [5.74, 6) is 2.59. The van der Waals surface area contributed by atoms with Gasteiger partial charge in [-0.05, 0) is 12.8 Å². The first-order valence-corrected chi connectivity index (χ1v) is 7.77. The minimum Gasteiger partial charge on any atom is -0.335 e. The monoisotopic (exact) mass is 274 g/mol. The lowest BCUT2D eigenvalue weighted by molar-refractivity contribution is 0.234. The van der Waals surface area contributed by atoms with E-state index in [-0.39, 0.29) is 23.5 Å². The first-order chi connectivity index (χ1) is 8.21. The predicted octanol–water partition coefficient (Wildman–Crippen LogP) is 0.767. The van der Waals surface area contributed by atoms with Crippen LogP contribution in [0.2, 0.25) is 0 Å². The molecule has 6 heteroatoms. The number of terminal acetylenes is 1. The number of urea groups is 1. The smallest absolute Gasteiger partial charge is 0.316 e. The Bertz CT molecular complexity index is 410. The fourth-order valence-corrected chi connectivity index (χ4v) is 2.43. The molecule has 2 amide bonds. The summed E-state index contributed by atoms with van der Waals surface area (Å²) in [7, 11) is -3.10. The zero-order valence-corrected chi connectivity index (χ0v) is 12.2. The molecule has 0 aromatic rings. The summed E-state index contributed by atoms with van der Waals surface area (Å²) in [6.45, 7) is 7.02. The first-order valence-electron chi connectivity index (χ1n) is 5.95. The van der Waals surface area contributed by atoms with Crippen molar-refractivity contribution < 1.29 is 13.2 Å². The SMILES string of the molecule is C#C[C@@H](NC(=O)N[C@H](C)CS(=O)(=O)CC)C(C)C. The lowest BCUT2D eigenvalue weighted by Gasteiger charge is -2.19. The van der Waals surface area contributed by atoms with Crippen molar-refractivity contribution in [1.29, 1.82) is 0 Å². The molecule has 0 bridgehead atoms. The molecule has 0 aromatic carbocycles. The van der Waals surface area contributed by atoms with Crippen LogP contribution in [0.4, 0.5) is 4.79 Å². The second-order valence-corrected chi connectivity index (χ2v) is 7.00. The van der Waals surface area contributed by atoms with Crippen molar-refractivity contribution in [2.24, 2.45) is 5.92 Å². The minimum atomic E-state index is -3.10. The molecule has 0 aromatic heterocycles. The van der Waals surface area contributed by atoms with E-state index >= 15 is 0 Å². The number of hydrogen-bond donors (Lipinski definition) is 2. The van der Waals surface area contributed by atoms with Gasteiger partial charge in [0.2, 0.25) is 0 Å². The second-order valence-electron chi connectivity index (χ2n) is 4.61. The Morgan fingerprint density at radius 2 is 1.83 bits per heavy atom. The highest BCUT2D eigenvalue weighted by molar-refractivity contribution is 7.91. The normalized spacial score (nSPS) is 14.7. The quantitative estimate of drug-likeness (QED) is 0.702. The van der Waals surface area contributed by atoms with E-state index in [4.69, 9.17) is 6.42 Å². The summed E-state index contributed by atoms with van der Waals surface area (Å²) in [6.07, 6.45) is 5.29. The number of nitrogens with one attached hydrogen (secondary N) is 2. The molecule has 0 rings (SSSR count). The van der Waals surface area contributed by atoms with Crippen LogP contribution in [0.15, 0.2) is 0 Å². The molecule has 0 spiro atoms. The number of hydrogen-bond acceptors (Lipinski definition) is 3. The number of carbonyl (C=O) groups excluding carboxylic acids is 1. The van der Waals surface area contributed by atoms with Crippen LogP contribution in [0.1, 0.15) is 27.7 Å². The van der Waals surface area contributed by atoms with Crippen LogP contribution >= 0.6 is 0 Å². The van der Waals surface area contributed by atoms with Gasteiger partial charge in [-0.3, -0.25) is 0 Å². The van der Waals surface area contributed by atoms with Gasteiger partial charge in [0, 0.05) is 11.8 Å². The molecule has 0 saturated carbocycles. The van der Waals surface area contributed by atoms with Gasteiger partial charge in [-0.2, -0.15) is 0 Å². The van der Waals surface area contributed by atoms with Crippen molar-refractivity contribution in [3.8, 4) is 12.3 Å². The van der Waals surface area contributed by atoms with Gasteiger partial charge in [-0.1, -0.05) is 26.7 Å². The van der Waals surface area contributed by atoms with Gasteiger partial charge in [0.25, 0.3) is 0 Å². The standard InChI is InChI=1S/C12H22N2O3S/c1-6-11(9(3)4)14-12(15)13-10(5)8-18(16,17)7-2/h1,9-11H,7-8H2,2-5H3,(H2,13,14,15)/t10-,11-/m1/s1. The lowest BCUT2D eigenvalue weighted by atomic mass is 10.1. The van der Waals surface area contributed by atoms with E-state index in [1.54, 1.807) is 13.8 Å². The van der Waals surface area contributed by atoms with Gasteiger partial charge < -0.3 is 10.6 Å². The van der Waals surface area contributed by atoms with Crippen LogP contribution in [-0.4, -0.2) is 38.0 Å². The van der Waals surface area contributed by atoms with E-state index in [0.717, 1.165) is 0 Å². The number of carbonyl (C=O) groups is 1. The van der Waals surface area contributed by atoms with Crippen molar-refractivity contribution >= 4 is 15.9 Å². The summed E-state index contributed by atoms with van der Waals surface area (Å²) in [4.78, 5) is 11.6. The highest BCUT2D eigenvalue weighted by Gasteiger charge is 2.18. The summed E-state index contributed by atoms with van der Waals surface area (Å²) >= 11 is 0. The molecule has 18 heavy (non-hydrogen) atoms. The molecule has 0 saturated heterocycles. The Morgan fingerprint density at radius 3 is 2.22 bits per heavy atom. The zero-order valence-electron chi connectivity index (χ0n) is 11.4. The number of amides is 2. The molecule has 2 atom stereocenters. The fourth-order valence-electron chi connectivity index (χ4n) is 1.35. The lowest BCUT2D eigenvalue weighted by Crippen LogP contribution is -2.48. The Morgan fingerprint density at radius 1 is 1.28 bits per heavy atom. The number of rotatable bonds is 6. The topological polar surface area (TPSA) is 75.3 Å². The van der Waals surface area contributed by atoms with Crippen molar-refractivity contribution in [2.45, 2.75) is 39.8 Å². The van der Waals surface area contributed by atoms with Crippen LogP contribution in [0.25, 0.3) is 0 Å². The first kappa shape index (κ1) is 16.8. The maximum absolute atomic E-state index is 11.6. The van der Waals surface area contributed by atoms with E-state index in [1.807, 2.05) is 13.8 Å². The van der Waals surface area contributed by atoms with E-state index in [0.29, 0.717) is 0 Å². The fraction of sp³-hybridized carbons (Fsp3) is 0.750. The van der Waals surface area contributed by atoms with Gasteiger partial charge in [-0.25, -0.2) is 13.2 Å². The van der Waals surface area contributed by atoms with Gasteiger partial charge in [0.15, 0.2) is 9.84 Å². The Labute approximate surface area is 110 Å². The van der Waals surface area contributed by atoms with Gasteiger partial charge in [0.05, 0.1) is 11.8 Å². The average Bonchev–Trinajstić information content (AvgIpc) is 2.24. The van der Waals surface area contributed by atoms with E-state index in [9.17, 15) is 13.2 Å². The van der Waals surface area contributed by atoms with Gasteiger partial charge >= 0.3 is 6.03 Å². The highest BCUT2D eigenvalue weighted by atomic mass is 32.2.